The van der Waals surface area contributed by atoms with Crippen LogP contribution in [0.1, 0.15) is 41.0 Å². The van der Waals surface area contributed by atoms with Gasteiger partial charge in [0, 0.05) is 50.8 Å². The van der Waals surface area contributed by atoms with E-state index in [0.29, 0.717) is 13.0 Å². The average Bonchev–Trinajstić information content (AvgIpc) is 3.06. The molecule has 0 saturated carbocycles. The zero-order valence-corrected chi connectivity index (χ0v) is 30.4. The lowest BCUT2D eigenvalue weighted by molar-refractivity contribution is -0.290. The van der Waals surface area contributed by atoms with Crippen LogP contribution in [0.2, 0.25) is 0 Å². The number of halogens is 1. The Morgan fingerprint density at radius 2 is 1.36 bits per heavy atom. The van der Waals surface area contributed by atoms with Crippen LogP contribution in [0.25, 0.3) is 0 Å². The number of benzene rings is 2. The van der Waals surface area contributed by atoms with Crippen LogP contribution in [0.5, 0.6) is 0 Å². The van der Waals surface area contributed by atoms with E-state index in [0.717, 1.165) is 9.79 Å². The van der Waals surface area contributed by atoms with Crippen LogP contribution in [0, 0.1) is 0 Å². The molecule has 12 heteroatoms. The highest BCUT2D eigenvalue weighted by molar-refractivity contribution is 8.00. The van der Waals surface area contributed by atoms with Crippen molar-refractivity contribution in [2.45, 2.75) is 123 Å². The third-order valence-corrected chi connectivity index (χ3v) is 10.5. The van der Waals surface area contributed by atoms with Crippen LogP contribution < -0.4 is 0 Å². The molecule has 2 aromatic rings. The number of alkyl halides is 1. The first-order valence-corrected chi connectivity index (χ1v) is 18.0. The zero-order valence-electron chi connectivity index (χ0n) is 28.7. The first kappa shape index (κ1) is 40.1. The Morgan fingerprint density at radius 3 is 1.87 bits per heavy atom. The molecule has 1 aliphatic rings. The van der Waals surface area contributed by atoms with E-state index in [1.807, 2.05) is 88.4 Å². The molecule has 0 aromatic heterocycles. The lowest BCUT2D eigenvalue weighted by atomic mass is 10.0. The van der Waals surface area contributed by atoms with Crippen molar-refractivity contribution in [2.75, 3.05) is 34.5 Å². The van der Waals surface area contributed by atoms with Crippen molar-refractivity contribution in [2.24, 2.45) is 0 Å². The minimum atomic E-state index is -1.61. The molecule has 0 amide bonds. The molecule has 12 atom stereocenters. The number of ether oxygens (including phenoxy) is 8. The van der Waals surface area contributed by atoms with E-state index in [4.69, 9.17) is 37.9 Å². The van der Waals surface area contributed by atoms with Gasteiger partial charge in [-0.15, -0.1) is 23.5 Å². The van der Waals surface area contributed by atoms with Crippen LogP contribution >= 0.6 is 23.5 Å². The first-order chi connectivity index (χ1) is 22.7. The van der Waals surface area contributed by atoms with Crippen LogP contribution in [0.3, 0.4) is 0 Å². The van der Waals surface area contributed by atoms with Gasteiger partial charge >= 0.3 is 0 Å². The Morgan fingerprint density at radius 1 is 0.830 bits per heavy atom. The zero-order chi connectivity index (χ0) is 34.3. The van der Waals surface area contributed by atoms with Gasteiger partial charge in [0.15, 0.2) is 12.6 Å². The summed E-state index contributed by atoms with van der Waals surface area (Å²) in [6.45, 7) is 9.85. The SMILES string of the molecule is CCOC(F)C(Sc1ccccc1)C(OC)C(C)OC(OCC)C(Sc1ccccc1)C(OC)C(C)OC1OC(C)CC(OC)C1O. The maximum atomic E-state index is 15.6. The van der Waals surface area contributed by atoms with Gasteiger partial charge < -0.3 is 43.0 Å². The molecule has 1 aliphatic heterocycles. The molecule has 0 aliphatic carbocycles. The van der Waals surface area contributed by atoms with Gasteiger partial charge in [0.05, 0.1) is 34.9 Å². The summed E-state index contributed by atoms with van der Waals surface area (Å²) in [5.74, 6) is 0. The third-order valence-electron chi connectivity index (χ3n) is 7.92. The summed E-state index contributed by atoms with van der Waals surface area (Å²) < 4.78 is 63.9. The first-order valence-electron chi connectivity index (χ1n) is 16.2. The second kappa shape index (κ2) is 21.0. The van der Waals surface area contributed by atoms with Crippen molar-refractivity contribution in [1.82, 2.24) is 0 Å². The van der Waals surface area contributed by atoms with Gasteiger partial charge in [-0.25, -0.2) is 4.39 Å². The van der Waals surface area contributed by atoms with Crippen molar-refractivity contribution < 1.29 is 47.4 Å². The fraction of sp³-hybridized carbons (Fsp3) is 0.657. The minimum absolute atomic E-state index is 0.167. The molecule has 266 valence electrons. The largest absolute Gasteiger partial charge is 0.385 e. The average molecular weight is 701 g/mol. The summed E-state index contributed by atoms with van der Waals surface area (Å²) in [4.78, 5) is 1.85. The van der Waals surface area contributed by atoms with Crippen molar-refractivity contribution in [3.63, 3.8) is 0 Å². The van der Waals surface area contributed by atoms with Crippen molar-refractivity contribution in [3.05, 3.63) is 60.7 Å². The molecule has 0 spiro atoms. The van der Waals surface area contributed by atoms with Crippen LogP contribution in [-0.2, 0) is 37.9 Å². The molecule has 1 saturated heterocycles. The van der Waals surface area contributed by atoms with Gasteiger partial charge in [-0.2, -0.15) is 0 Å². The Kier molecular flexibility index (Phi) is 18.0. The predicted octanol–water partition coefficient (Wildman–Crippen LogP) is 6.35. The summed E-state index contributed by atoms with van der Waals surface area (Å²) in [5, 5.41) is 9.73. The van der Waals surface area contributed by atoms with Gasteiger partial charge in [-0.3, -0.25) is 0 Å². The van der Waals surface area contributed by atoms with Crippen molar-refractivity contribution in [3.8, 4) is 0 Å². The van der Waals surface area contributed by atoms with Gasteiger partial charge in [0.2, 0.25) is 6.36 Å². The predicted molar refractivity (Wildman–Crippen MR) is 183 cm³/mol. The summed E-state index contributed by atoms with van der Waals surface area (Å²) in [5.41, 5.74) is 0. The number of thioether (sulfide) groups is 2. The smallest absolute Gasteiger partial charge is 0.213 e. The number of rotatable bonds is 21. The highest BCUT2D eigenvalue weighted by Gasteiger charge is 2.44. The van der Waals surface area contributed by atoms with E-state index in [1.165, 1.54) is 23.5 Å². The minimum Gasteiger partial charge on any atom is -0.385 e. The summed E-state index contributed by atoms with van der Waals surface area (Å²) in [6, 6.07) is 19.5. The molecule has 0 radical (unpaired) electrons. The van der Waals surface area contributed by atoms with E-state index in [-0.39, 0.29) is 12.7 Å². The highest BCUT2D eigenvalue weighted by Crippen LogP contribution is 2.37. The fourth-order valence-corrected chi connectivity index (χ4v) is 8.24. The highest BCUT2D eigenvalue weighted by atomic mass is 32.2. The summed E-state index contributed by atoms with van der Waals surface area (Å²) in [7, 11) is 4.72. The van der Waals surface area contributed by atoms with Crippen LogP contribution in [0.4, 0.5) is 4.39 Å². The van der Waals surface area contributed by atoms with E-state index in [2.05, 4.69) is 0 Å². The Bertz CT molecular complexity index is 1110. The monoisotopic (exact) mass is 700 g/mol. The topological polar surface area (TPSA) is 94.1 Å². The van der Waals surface area contributed by atoms with Gasteiger partial charge in [0.25, 0.3) is 0 Å². The maximum Gasteiger partial charge on any atom is 0.213 e. The second-order valence-corrected chi connectivity index (χ2v) is 13.8. The quantitative estimate of drug-likeness (QED) is 0.117. The molecule has 12 unspecified atom stereocenters. The van der Waals surface area contributed by atoms with Gasteiger partial charge in [-0.1, -0.05) is 36.4 Å². The number of aliphatic hydroxyl groups is 1. The fourth-order valence-electron chi connectivity index (χ4n) is 5.61. The van der Waals surface area contributed by atoms with E-state index < -0.39 is 66.1 Å². The number of aliphatic hydroxyl groups excluding tert-OH is 1. The summed E-state index contributed by atoms with van der Waals surface area (Å²) in [6.07, 6.45) is -6.87. The number of hydrogen-bond acceptors (Lipinski definition) is 11. The molecular formula is C35H53FO9S2. The van der Waals surface area contributed by atoms with E-state index in [1.54, 1.807) is 28.3 Å². The second-order valence-electron chi connectivity index (χ2n) is 11.3. The van der Waals surface area contributed by atoms with Gasteiger partial charge in [-0.05, 0) is 58.9 Å². The Labute approximate surface area is 288 Å². The Hall–Kier alpha value is -1.29. The Balaban J connectivity index is 1.91. The summed E-state index contributed by atoms with van der Waals surface area (Å²) >= 11 is 2.87. The number of hydrogen-bond donors (Lipinski definition) is 1. The maximum absolute atomic E-state index is 15.6. The molecular weight excluding hydrogens is 648 g/mol. The van der Waals surface area contributed by atoms with E-state index in [9.17, 15) is 5.11 Å². The molecule has 1 N–H and O–H groups in total. The lowest BCUT2D eigenvalue weighted by Crippen LogP contribution is -2.54. The van der Waals surface area contributed by atoms with Crippen LogP contribution in [-0.4, -0.2) is 112 Å². The molecule has 9 nitrogen and oxygen atoms in total. The molecule has 3 rings (SSSR count). The van der Waals surface area contributed by atoms with Crippen LogP contribution in [0.15, 0.2) is 70.5 Å². The lowest BCUT2D eigenvalue weighted by Gasteiger charge is -2.41. The van der Waals surface area contributed by atoms with Crippen molar-refractivity contribution in [1.29, 1.82) is 0 Å². The third kappa shape index (κ3) is 11.9. The molecule has 1 heterocycles. The molecule has 2 aromatic carbocycles. The molecule has 47 heavy (non-hydrogen) atoms. The van der Waals surface area contributed by atoms with Gasteiger partial charge in [0.1, 0.15) is 18.3 Å². The normalized spacial score (nSPS) is 25.3. The standard InChI is InChI=1S/C35H53FO9S2/c1-9-41-33(36)31(46-25-17-13-11-14-18-25)29(39-7)23(4)45-35(42-10-2)32(47-26-19-15-12-16-20-26)30(40-8)24(5)44-34-28(37)27(38-6)21-22(3)43-34/h11-20,22-24,27-35,37H,9-10,21H2,1-8H3. The molecule has 1 fully saturated rings. The molecule has 0 bridgehead atoms. The van der Waals surface area contributed by atoms with Crippen molar-refractivity contribution >= 4 is 23.5 Å². The number of methoxy groups -OCH3 is 3. The van der Waals surface area contributed by atoms with E-state index >= 15 is 4.39 Å².